The summed E-state index contributed by atoms with van der Waals surface area (Å²) in [7, 11) is -4.02. The van der Waals surface area contributed by atoms with Gasteiger partial charge in [0.1, 0.15) is 13.2 Å². The van der Waals surface area contributed by atoms with E-state index >= 15 is 0 Å². The Balaban J connectivity index is 1.57. The van der Waals surface area contributed by atoms with Crippen molar-refractivity contribution in [2.45, 2.75) is 18.1 Å². The van der Waals surface area contributed by atoms with Crippen molar-refractivity contribution in [1.29, 1.82) is 0 Å². The number of sulfonamides is 1. The van der Waals surface area contributed by atoms with Crippen LogP contribution in [-0.4, -0.2) is 27.5 Å². The predicted octanol–water partition coefficient (Wildman–Crippen LogP) is 1.61. The molecular weight excluding hydrogens is 346 g/mol. The molecule has 130 valence electrons. The van der Waals surface area contributed by atoms with Crippen molar-refractivity contribution in [3.8, 4) is 11.5 Å². The molecule has 0 spiro atoms. The van der Waals surface area contributed by atoms with Crippen LogP contribution < -0.4 is 14.2 Å². The molecule has 0 bridgehead atoms. The molecule has 0 radical (unpaired) electrons. The first-order chi connectivity index (χ1) is 12.0. The Morgan fingerprint density at radius 3 is 2.52 bits per heavy atom. The fraction of sp³-hybridized carbons (Fsp3) is 0.235. The first-order valence-electron chi connectivity index (χ1n) is 7.69. The van der Waals surface area contributed by atoms with Gasteiger partial charge >= 0.3 is 0 Å². The van der Waals surface area contributed by atoms with Gasteiger partial charge in [0, 0.05) is 11.6 Å². The summed E-state index contributed by atoms with van der Waals surface area (Å²) < 4.78 is 43.1. The lowest BCUT2D eigenvalue weighted by atomic mass is 10.1. The molecule has 7 nitrogen and oxygen atoms in total. The number of carbonyl (C=O) groups excluding carboxylic acids is 1. The van der Waals surface area contributed by atoms with Gasteiger partial charge in [0.25, 0.3) is 15.9 Å². The first kappa shape index (κ1) is 15.9. The molecule has 2 heterocycles. The number of fused-ring (bicyclic) bond motifs is 2. The van der Waals surface area contributed by atoms with E-state index in [0.717, 1.165) is 11.1 Å². The number of carbonyl (C=O) groups is 1. The Morgan fingerprint density at radius 1 is 0.920 bits per heavy atom. The van der Waals surface area contributed by atoms with Crippen LogP contribution in [0.1, 0.15) is 21.5 Å². The molecule has 0 saturated carbocycles. The average Bonchev–Trinajstić information content (AvgIpc) is 3.08. The maximum absolute atomic E-state index is 12.5. The van der Waals surface area contributed by atoms with Crippen molar-refractivity contribution in [3.05, 3.63) is 53.1 Å². The minimum absolute atomic E-state index is 0.0606. The van der Waals surface area contributed by atoms with E-state index in [1.807, 2.05) is 0 Å². The smallest absolute Gasteiger partial charge is 0.265 e. The van der Waals surface area contributed by atoms with E-state index in [2.05, 4.69) is 4.72 Å². The molecule has 0 aliphatic carbocycles. The number of hydrogen-bond acceptors (Lipinski definition) is 6. The van der Waals surface area contributed by atoms with Crippen LogP contribution in [0.4, 0.5) is 0 Å². The quantitative estimate of drug-likeness (QED) is 0.893. The van der Waals surface area contributed by atoms with Gasteiger partial charge < -0.3 is 14.2 Å². The monoisotopic (exact) mass is 361 g/mol. The topological polar surface area (TPSA) is 90.9 Å². The Kier molecular flexibility index (Phi) is 3.85. The zero-order valence-corrected chi connectivity index (χ0v) is 14.0. The lowest BCUT2D eigenvalue weighted by Crippen LogP contribution is -2.30. The predicted molar refractivity (Wildman–Crippen MR) is 87.0 cm³/mol. The van der Waals surface area contributed by atoms with E-state index in [9.17, 15) is 13.2 Å². The standard InChI is InChI=1S/C17H15NO6S/c19-17(11-1-2-12-9-22-10-13(12)7-11)18-25(20,21)14-3-4-15-16(8-14)24-6-5-23-15/h1-4,7-8H,5-6,9-10H2,(H,18,19). The molecule has 0 fully saturated rings. The second kappa shape index (κ2) is 6.05. The van der Waals surface area contributed by atoms with E-state index in [0.29, 0.717) is 37.9 Å². The van der Waals surface area contributed by atoms with Crippen molar-refractivity contribution >= 4 is 15.9 Å². The number of nitrogens with one attached hydrogen (secondary N) is 1. The lowest BCUT2D eigenvalue weighted by Gasteiger charge is -2.18. The summed E-state index contributed by atoms with van der Waals surface area (Å²) in [5.74, 6) is 0.135. The summed E-state index contributed by atoms with van der Waals surface area (Å²) in [4.78, 5) is 12.3. The van der Waals surface area contributed by atoms with E-state index in [4.69, 9.17) is 14.2 Å². The van der Waals surface area contributed by atoms with E-state index in [1.165, 1.54) is 18.2 Å². The third-order valence-electron chi connectivity index (χ3n) is 4.03. The van der Waals surface area contributed by atoms with Crippen LogP contribution in [-0.2, 0) is 28.0 Å². The number of ether oxygens (including phenoxy) is 3. The molecule has 1 N–H and O–H groups in total. The summed E-state index contributed by atoms with van der Waals surface area (Å²) >= 11 is 0. The van der Waals surface area contributed by atoms with Crippen molar-refractivity contribution in [2.75, 3.05) is 13.2 Å². The second-order valence-electron chi connectivity index (χ2n) is 5.72. The van der Waals surface area contributed by atoms with Crippen LogP contribution in [0.5, 0.6) is 11.5 Å². The summed E-state index contributed by atoms with van der Waals surface area (Å²) in [5.41, 5.74) is 2.17. The Bertz CT molecular complexity index is 954. The van der Waals surface area contributed by atoms with Crippen LogP contribution >= 0.6 is 0 Å². The highest BCUT2D eigenvalue weighted by atomic mass is 32.2. The van der Waals surface area contributed by atoms with Gasteiger partial charge in [-0.15, -0.1) is 0 Å². The van der Waals surface area contributed by atoms with Crippen molar-refractivity contribution in [2.24, 2.45) is 0 Å². The molecule has 2 aromatic carbocycles. The largest absolute Gasteiger partial charge is 0.486 e. The summed E-state index contributed by atoms with van der Waals surface area (Å²) in [6, 6.07) is 9.24. The molecule has 0 aromatic heterocycles. The molecule has 25 heavy (non-hydrogen) atoms. The van der Waals surface area contributed by atoms with E-state index < -0.39 is 15.9 Å². The van der Waals surface area contributed by atoms with Gasteiger partial charge in [-0.3, -0.25) is 4.79 Å². The van der Waals surface area contributed by atoms with Crippen molar-refractivity contribution < 1.29 is 27.4 Å². The van der Waals surface area contributed by atoms with Crippen molar-refractivity contribution in [3.63, 3.8) is 0 Å². The van der Waals surface area contributed by atoms with Gasteiger partial charge in [-0.2, -0.15) is 0 Å². The maximum Gasteiger partial charge on any atom is 0.265 e. The number of amides is 1. The molecule has 2 aromatic rings. The second-order valence-corrected chi connectivity index (χ2v) is 7.40. The number of hydrogen-bond donors (Lipinski definition) is 1. The van der Waals surface area contributed by atoms with Crippen LogP contribution in [0, 0.1) is 0 Å². The highest BCUT2D eigenvalue weighted by Gasteiger charge is 2.23. The average molecular weight is 361 g/mol. The fourth-order valence-corrected chi connectivity index (χ4v) is 3.73. The minimum atomic E-state index is -4.02. The Hall–Kier alpha value is -2.58. The van der Waals surface area contributed by atoms with Crippen molar-refractivity contribution in [1.82, 2.24) is 4.72 Å². The molecule has 0 unspecified atom stereocenters. The number of rotatable bonds is 3. The molecule has 2 aliphatic rings. The Labute approximate surface area is 144 Å². The van der Waals surface area contributed by atoms with E-state index in [1.54, 1.807) is 18.2 Å². The Morgan fingerprint density at radius 2 is 1.68 bits per heavy atom. The summed E-state index contributed by atoms with van der Waals surface area (Å²) in [6.07, 6.45) is 0. The molecule has 0 atom stereocenters. The zero-order valence-electron chi connectivity index (χ0n) is 13.2. The normalized spacial score (nSPS) is 15.5. The van der Waals surface area contributed by atoms with Gasteiger partial charge in [0.15, 0.2) is 11.5 Å². The number of benzene rings is 2. The highest BCUT2D eigenvalue weighted by Crippen LogP contribution is 2.32. The third kappa shape index (κ3) is 3.06. The zero-order chi connectivity index (χ0) is 17.4. The van der Waals surface area contributed by atoms with Gasteiger partial charge in [-0.1, -0.05) is 6.07 Å². The highest BCUT2D eigenvalue weighted by molar-refractivity contribution is 7.90. The van der Waals surface area contributed by atoms with Crippen LogP contribution in [0.3, 0.4) is 0 Å². The SMILES string of the molecule is O=C(NS(=O)(=O)c1ccc2c(c1)OCCO2)c1ccc2c(c1)COC2. The molecule has 4 rings (SSSR count). The van der Waals surface area contributed by atoms with E-state index in [-0.39, 0.29) is 10.5 Å². The molecular formula is C17H15NO6S. The van der Waals surface area contributed by atoms with Crippen LogP contribution in [0.25, 0.3) is 0 Å². The molecule has 8 heteroatoms. The van der Waals surface area contributed by atoms with Gasteiger partial charge in [0.05, 0.1) is 18.1 Å². The summed E-state index contributed by atoms with van der Waals surface area (Å²) in [5, 5.41) is 0. The molecule has 2 aliphatic heterocycles. The molecule has 0 saturated heterocycles. The minimum Gasteiger partial charge on any atom is -0.486 e. The fourth-order valence-electron chi connectivity index (χ4n) is 2.74. The van der Waals surface area contributed by atoms with Gasteiger partial charge in [-0.25, -0.2) is 13.1 Å². The van der Waals surface area contributed by atoms with Gasteiger partial charge in [0.2, 0.25) is 0 Å². The lowest BCUT2D eigenvalue weighted by molar-refractivity contribution is 0.0981. The summed E-state index contributed by atoms with van der Waals surface area (Å²) in [6.45, 7) is 1.69. The van der Waals surface area contributed by atoms with Crippen LogP contribution in [0.2, 0.25) is 0 Å². The first-order valence-corrected chi connectivity index (χ1v) is 9.17. The molecule has 1 amide bonds. The maximum atomic E-state index is 12.5. The third-order valence-corrected chi connectivity index (χ3v) is 5.36. The van der Waals surface area contributed by atoms with Crippen LogP contribution in [0.15, 0.2) is 41.3 Å². The van der Waals surface area contributed by atoms with Gasteiger partial charge in [-0.05, 0) is 35.4 Å².